The van der Waals surface area contributed by atoms with Crippen LogP contribution in [0, 0.1) is 0 Å². The predicted octanol–water partition coefficient (Wildman–Crippen LogP) is 6.02. The third kappa shape index (κ3) is 3.89. The van der Waals surface area contributed by atoms with E-state index >= 15 is 0 Å². The molecule has 2 aliphatic carbocycles. The van der Waals surface area contributed by atoms with Gasteiger partial charge in [-0.15, -0.1) is 11.3 Å². The minimum atomic E-state index is 0.406. The van der Waals surface area contributed by atoms with E-state index in [1.165, 1.54) is 77.2 Å². The van der Waals surface area contributed by atoms with Gasteiger partial charge in [-0.25, -0.2) is 4.98 Å². The second kappa shape index (κ2) is 8.22. The normalized spacial score (nSPS) is 21.6. The van der Waals surface area contributed by atoms with Gasteiger partial charge in [0.1, 0.15) is 0 Å². The molecule has 1 fully saturated rings. The van der Waals surface area contributed by atoms with Crippen molar-refractivity contribution in [3.05, 3.63) is 40.0 Å². The second-order valence-electron chi connectivity index (χ2n) is 8.23. The zero-order chi connectivity index (χ0) is 17.9. The molecule has 1 saturated carbocycles. The number of aromatic nitrogens is 1. The van der Waals surface area contributed by atoms with E-state index in [0.29, 0.717) is 12.0 Å². The van der Waals surface area contributed by atoms with E-state index in [4.69, 9.17) is 10.7 Å². The van der Waals surface area contributed by atoms with Crippen LogP contribution in [0.5, 0.6) is 0 Å². The highest BCUT2D eigenvalue weighted by molar-refractivity contribution is 7.15. The summed E-state index contributed by atoms with van der Waals surface area (Å²) in [7, 11) is 0. The average Bonchev–Trinajstić information content (AvgIpc) is 3.27. The van der Waals surface area contributed by atoms with Crippen LogP contribution in [-0.2, 0) is 19.3 Å². The van der Waals surface area contributed by atoms with Crippen molar-refractivity contribution in [1.82, 2.24) is 4.98 Å². The van der Waals surface area contributed by atoms with Crippen LogP contribution in [-0.4, -0.2) is 11.0 Å². The lowest BCUT2D eigenvalue weighted by Gasteiger charge is -2.18. The van der Waals surface area contributed by atoms with Crippen LogP contribution in [0.2, 0.25) is 0 Å². The summed E-state index contributed by atoms with van der Waals surface area (Å²) in [5.74, 6) is 0.678. The predicted molar refractivity (Wildman–Crippen MR) is 112 cm³/mol. The van der Waals surface area contributed by atoms with Gasteiger partial charge in [-0.3, -0.25) is 0 Å². The molecule has 2 atom stereocenters. The van der Waals surface area contributed by atoms with Crippen molar-refractivity contribution in [3.8, 4) is 10.4 Å². The Morgan fingerprint density at radius 1 is 1.12 bits per heavy atom. The minimum absolute atomic E-state index is 0.406. The van der Waals surface area contributed by atoms with E-state index < -0.39 is 0 Å². The fraction of sp³-hybridized carbons (Fsp3) is 0.609. The Labute approximate surface area is 162 Å². The van der Waals surface area contributed by atoms with Crippen LogP contribution >= 0.6 is 11.3 Å². The Balaban J connectivity index is 1.46. The number of benzene rings is 1. The molecule has 0 saturated heterocycles. The monoisotopic (exact) mass is 368 g/mol. The fourth-order valence-electron chi connectivity index (χ4n) is 4.64. The third-order valence-electron chi connectivity index (χ3n) is 6.19. The van der Waals surface area contributed by atoms with Crippen molar-refractivity contribution in [1.29, 1.82) is 0 Å². The lowest BCUT2D eigenvalue weighted by Crippen LogP contribution is -2.14. The number of nitrogens with two attached hydrogens (primary N) is 1. The second-order valence-corrected chi connectivity index (χ2v) is 9.32. The van der Waals surface area contributed by atoms with Gasteiger partial charge in [0.15, 0.2) is 0 Å². The Hall–Kier alpha value is -1.19. The molecule has 2 aromatic rings. The summed E-state index contributed by atoms with van der Waals surface area (Å²) in [4.78, 5) is 6.43. The zero-order valence-electron chi connectivity index (χ0n) is 16.1. The molecule has 2 aliphatic rings. The molecule has 2 unspecified atom stereocenters. The molecular formula is C23H32N2S. The summed E-state index contributed by atoms with van der Waals surface area (Å²) >= 11 is 1.95. The maximum absolute atomic E-state index is 6.13. The summed E-state index contributed by atoms with van der Waals surface area (Å²) < 4.78 is 0. The first-order valence-corrected chi connectivity index (χ1v) is 11.4. The Morgan fingerprint density at radius 3 is 2.81 bits per heavy atom. The van der Waals surface area contributed by atoms with E-state index in [1.807, 2.05) is 11.3 Å². The molecule has 2 N–H and O–H groups in total. The Bertz CT molecular complexity index is 749. The van der Waals surface area contributed by atoms with Crippen LogP contribution < -0.4 is 5.73 Å². The number of hydrogen-bond donors (Lipinski definition) is 1. The quantitative estimate of drug-likeness (QED) is 0.607. The molecule has 1 aromatic heterocycles. The molecule has 1 heterocycles. The highest BCUT2D eigenvalue weighted by Crippen LogP contribution is 2.41. The number of aryl methyl sites for hydroxylation is 3. The molecule has 3 heteroatoms. The zero-order valence-corrected chi connectivity index (χ0v) is 16.9. The summed E-state index contributed by atoms with van der Waals surface area (Å²) in [6.07, 6.45) is 13.7. The average molecular weight is 369 g/mol. The first-order valence-electron chi connectivity index (χ1n) is 10.6. The maximum atomic E-state index is 6.13. The first-order chi connectivity index (χ1) is 12.7. The van der Waals surface area contributed by atoms with Crippen molar-refractivity contribution in [2.45, 2.75) is 89.5 Å². The standard InChI is InChI=1S/C23H32N2S/c1-2-3-4-5-6-7-22-25-21-13-10-18-14-16(17-8-11-19(24)15-17)9-12-20(18)23(21)26-22/h9,12,14,17,19H,2-8,10-11,13,15,24H2,1H3. The van der Waals surface area contributed by atoms with Gasteiger partial charge in [-0.2, -0.15) is 0 Å². The van der Waals surface area contributed by atoms with Crippen LogP contribution in [0.1, 0.15) is 86.0 Å². The van der Waals surface area contributed by atoms with Crippen molar-refractivity contribution < 1.29 is 0 Å². The van der Waals surface area contributed by atoms with Crippen molar-refractivity contribution in [3.63, 3.8) is 0 Å². The highest BCUT2D eigenvalue weighted by Gasteiger charge is 2.26. The van der Waals surface area contributed by atoms with E-state index in [-0.39, 0.29) is 0 Å². The number of thiazole rings is 1. The summed E-state index contributed by atoms with van der Waals surface area (Å²) in [6, 6.07) is 7.62. The lowest BCUT2D eigenvalue weighted by atomic mass is 9.88. The van der Waals surface area contributed by atoms with Crippen LogP contribution in [0.15, 0.2) is 18.2 Å². The van der Waals surface area contributed by atoms with Gasteiger partial charge < -0.3 is 5.73 Å². The molecule has 0 aliphatic heterocycles. The Kier molecular flexibility index (Phi) is 5.75. The smallest absolute Gasteiger partial charge is 0.0934 e. The van der Waals surface area contributed by atoms with Gasteiger partial charge in [0.05, 0.1) is 15.6 Å². The molecule has 4 rings (SSSR count). The molecule has 0 bridgehead atoms. The fourth-order valence-corrected chi connectivity index (χ4v) is 5.85. The molecule has 0 radical (unpaired) electrons. The van der Waals surface area contributed by atoms with Crippen LogP contribution in [0.4, 0.5) is 0 Å². The van der Waals surface area contributed by atoms with E-state index in [1.54, 1.807) is 0 Å². The van der Waals surface area contributed by atoms with Crippen LogP contribution in [0.25, 0.3) is 10.4 Å². The SMILES string of the molecule is CCCCCCCc1nc2c(s1)-c1ccc(C3CCC(N)C3)cc1CC2. The van der Waals surface area contributed by atoms with E-state index in [0.717, 1.165) is 25.7 Å². The van der Waals surface area contributed by atoms with Gasteiger partial charge in [0.25, 0.3) is 0 Å². The summed E-state index contributed by atoms with van der Waals surface area (Å²) in [5, 5.41) is 1.35. The van der Waals surface area contributed by atoms with Gasteiger partial charge in [-0.1, -0.05) is 50.8 Å². The third-order valence-corrected chi connectivity index (χ3v) is 7.38. The van der Waals surface area contributed by atoms with Crippen LogP contribution in [0.3, 0.4) is 0 Å². The van der Waals surface area contributed by atoms with E-state index in [9.17, 15) is 0 Å². The molecule has 26 heavy (non-hydrogen) atoms. The minimum Gasteiger partial charge on any atom is -0.328 e. The molecule has 0 amide bonds. The molecule has 2 nitrogen and oxygen atoms in total. The van der Waals surface area contributed by atoms with Crippen molar-refractivity contribution in [2.75, 3.05) is 0 Å². The number of fused-ring (bicyclic) bond motifs is 3. The maximum Gasteiger partial charge on any atom is 0.0934 e. The Morgan fingerprint density at radius 2 is 2.00 bits per heavy atom. The van der Waals surface area contributed by atoms with Gasteiger partial charge >= 0.3 is 0 Å². The van der Waals surface area contributed by atoms with Crippen molar-refractivity contribution in [2.24, 2.45) is 5.73 Å². The molecule has 0 spiro atoms. The summed E-state index contributed by atoms with van der Waals surface area (Å²) in [5.41, 5.74) is 12.0. The van der Waals surface area contributed by atoms with Gasteiger partial charge in [-0.05, 0) is 67.6 Å². The molecule has 1 aromatic carbocycles. The topological polar surface area (TPSA) is 38.9 Å². The van der Waals surface area contributed by atoms with Gasteiger partial charge in [0.2, 0.25) is 0 Å². The largest absolute Gasteiger partial charge is 0.328 e. The van der Waals surface area contributed by atoms with E-state index in [2.05, 4.69) is 25.1 Å². The number of rotatable bonds is 7. The van der Waals surface area contributed by atoms with Crippen molar-refractivity contribution >= 4 is 11.3 Å². The summed E-state index contributed by atoms with van der Waals surface area (Å²) in [6.45, 7) is 2.28. The number of hydrogen-bond acceptors (Lipinski definition) is 3. The molecular weight excluding hydrogens is 336 g/mol. The molecule has 140 valence electrons. The number of nitrogens with zero attached hydrogens (tertiary/aromatic N) is 1. The van der Waals surface area contributed by atoms with Gasteiger partial charge in [0, 0.05) is 6.04 Å². The first kappa shape index (κ1) is 18.2. The number of unbranched alkanes of at least 4 members (excludes halogenated alkanes) is 4. The highest BCUT2D eigenvalue weighted by atomic mass is 32.1. The lowest BCUT2D eigenvalue weighted by molar-refractivity contribution is 0.630.